The molecule has 0 amide bonds. The molecule has 2 N–H and O–H groups in total. The van der Waals surface area contributed by atoms with E-state index >= 15 is 0 Å². The van der Waals surface area contributed by atoms with Gasteiger partial charge in [-0.2, -0.15) is 0 Å². The Morgan fingerprint density at radius 1 is 1.07 bits per heavy atom. The van der Waals surface area contributed by atoms with Crippen molar-refractivity contribution in [3.63, 3.8) is 0 Å². The van der Waals surface area contributed by atoms with Gasteiger partial charge in [-0.1, -0.05) is 45.2 Å². The van der Waals surface area contributed by atoms with Crippen LogP contribution in [0.3, 0.4) is 0 Å². The largest absolute Gasteiger partial charge is 0.490 e. The molecule has 2 aromatic carbocycles. The molecule has 0 unspecified atom stereocenters. The summed E-state index contributed by atoms with van der Waals surface area (Å²) in [5.74, 6) is 1.28. The third-order valence-electron chi connectivity index (χ3n) is 3.96. The first-order valence-electron chi connectivity index (χ1n) is 8.63. The minimum Gasteiger partial charge on any atom is -0.490 e. The van der Waals surface area contributed by atoms with Gasteiger partial charge < -0.3 is 19.9 Å². The van der Waals surface area contributed by atoms with E-state index in [1.54, 1.807) is 12.1 Å². The van der Waals surface area contributed by atoms with Gasteiger partial charge in [-0.05, 0) is 50.6 Å². The maximum absolute atomic E-state index is 9.40. The zero-order valence-electron chi connectivity index (χ0n) is 15.6. The average Bonchev–Trinajstić information content (AvgIpc) is 2.62. The van der Waals surface area contributed by atoms with Gasteiger partial charge >= 0.3 is 0 Å². The summed E-state index contributed by atoms with van der Waals surface area (Å²) in [6.07, 6.45) is 0. The Bertz CT molecular complexity index is 784. The van der Waals surface area contributed by atoms with E-state index in [0.717, 1.165) is 15.6 Å². The summed E-state index contributed by atoms with van der Waals surface area (Å²) in [7, 11) is 0. The Morgan fingerprint density at radius 2 is 1.78 bits per heavy atom. The van der Waals surface area contributed by atoms with Crippen molar-refractivity contribution in [2.45, 2.75) is 39.5 Å². The van der Waals surface area contributed by atoms with Gasteiger partial charge in [0.25, 0.3) is 0 Å². The molecule has 0 aliphatic rings. The maximum Gasteiger partial charge on any atom is 0.162 e. The van der Waals surface area contributed by atoms with E-state index in [9.17, 15) is 5.11 Å². The average molecular weight is 477 g/mol. The lowest BCUT2D eigenvalue weighted by molar-refractivity contribution is 0.187. The van der Waals surface area contributed by atoms with Gasteiger partial charge in [-0.15, -0.1) is 0 Å². The van der Waals surface area contributed by atoms with Crippen molar-refractivity contribution in [3.05, 3.63) is 56.0 Å². The Labute approximate surface area is 178 Å². The molecule has 0 aliphatic heterocycles. The van der Waals surface area contributed by atoms with Gasteiger partial charge in [0, 0.05) is 32.2 Å². The van der Waals surface area contributed by atoms with Crippen molar-refractivity contribution in [3.8, 4) is 11.5 Å². The molecule has 0 bridgehead atoms. The third kappa shape index (κ3) is 6.54. The van der Waals surface area contributed by atoms with E-state index in [2.05, 4.69) is 21.2 Å². The lowest BCUT2D eigenvalue weighted by atomic mass is 10.1. The molecule has 0 fully saturated rings. The molecular weight excluding hydrogens is 453 g/mol. The molecular formula is C20H24BrCl2NO3. The van der Waals surface area contributed by atoms with Crippen LogP contribution in [-0.4, -0.2) is 23.9 Å². The van der Waals surface area contributed by atoms with Crippen LogP contribution in [0.5, 0.6) is 11.5 Å². The standard InChI is InChI=1S/C20H24BrCl2NO3/c1-4-26-18-7-14(10-24-20(2,3)12-25)16(21)9-19(18)27-11-13-5-6-15(22)8-17(13)23/h5-9,24-25H,4,10-12H2,1-3H3. The quantitative estimate of drug-likeness (QED) is 0.495. The van der Waals surface area contributed by atoms with Gasteiger partial charge in [0.2, 0.25) is 0 Å². The number of rotatable bonds is 9. The van der Waals surface area contributed by atoms with E-state index in [1.807, 2.05) is 39.0 Å². The number of halogens is 3. The molecule has 2 rings (SSSR count). The Kier molecular flexibility index (Phi) is 8.25. The Hall–Kier alpha value is -0.980. The molecule has 2 aromatic rings. The van der Waals surface area contributed by atoms with E-state index in [-0.39, 0.29) is 12.1 Å². The molecule has 0 atom stereocenters. The number of aliphatic hydroxyl groups is 1. The number of aliphatic hydroxyl groups excluding tert-OH is 1. The fraction of sp³-hybridized carbons (Fsp3) is 0.400. The second-order valence-corrected chi connectivity index (χ2v) is 8.44. The summed E-state index contributed by atoms with van der Waals surface area (Å²) in [6, 6.07) is 9.14. The van der Waals surface area contributed by atoms with Gasteiger partial charge in [0.1, 0.15) is 6.61 Å². The Morgan fingerprint density at radius 3 is 2.41 bits per heavy atom. The Balaban J connectivity index is 2.19. The topological polar surface area (TPSA) is 50.7 Å². The highest BCUT2D eigenvalue weighted by molar-refractivity contribution is 9.10. The lowest BCUT2D eigenvalue weighted by Gasteiger charge is -2.24. The molecule has 27 heavy (non-hydrogen) atoms. The summed E-state index contributed by atoms with van der Waals surface area (Å²) in [4.78, 5) is 0. The molecule has 0 spiro atoms. The van der Waals surface area contributed by atoms with Gasteiger partial charge in [0.15, 0.2) is 11.5 Å². The van der Waals surface area contributed by atoms with Crippen LogP contribution in [0.2, 0.25) is 10.0 Å². The van der Waals surface area contributed by atoms with Crippen molar-refractivity contribution in [2.24, 2.45) is 0 Å². The first kappa shape index (κ1) is 22.3. The van der Waals surface area contributed by atoms with Crippen molar-refractivity contribution >= 4 is 39.1 Å². The number of benzene rings is 2. The SMILES string of the molecule is CCOc1cc(CNC(C)(C)CO)c(Br)cc1OCc1ccc(Cl)cc1Cl. The van der Waals surface area contributed by atoms with Gasteiger partial charge in [-0.3, -0.25) is 0 Å². The maximum atomic E-state index is 9.40. The van der Waals surface area contributed by atoms with Gasteiger partial charge in [-0.25, -0.2) is 0 Å². The normalized spacial score (nSPS) is 11.5. The highest BCUT2D eigenvalue weighted by Crippen LogP contribution is 2.35. The molecule has 0 saturated heterocycles. The van der Waals surface area contributed by atoms with Crippen LogP contribution in [0.1, 0.15) is 31.9 Å². The molecule has 0 radical (unpaired) electrons. The summed E-state index contributed by atoms with van der Waals surface area (Å²) >= 11 is 15.7. The smallest absolute Gasteiger partial charge is 0.162 e. The fourth-order valence-corrected chi connectivity index (χ4v) is 3.20. The molecule has 0 aromatic heterocycles. The van der Waals surface area contributed by atoms with Gasteiger partial charge in [0.05, 0.1) is 13.2 Å². The highest BCUT2D eigenvalue weighted by atomic mass is 79.9. The summed E-state index contributed by atoms with van der Waals surface area (Å²) < 4.78 is 12.6. The molecule has 4 nitrogen and oxygen atoms in total. The van der Waals surface area contributed by atoms with E-state index in [0.29, 0.717) is 41.3 Å². The number of ether oxygens (including phenoxy) is 2. The van der Waals surface area contributed by atoms with Crippen LogP contribution in [0.4, 0.5) is 0 Å². The van der Waals surface area contributed by atoms with Crippen molar-refractivity contribution in [1.29, 1.82) is 0 Å². The molecule has 0 aliphatic carbocycles. The van der Waals surface area contributed by atoms with Crippen molar-refractivity contribution in [1.82, 2.24) is 5.32 Å². The van der Waals surface area contributed by atoms with Crippen LogP contribution < -0.4 is 14.8 Å². The molecule has 148 valence electrons. The van der Waals surface area contributed by atoms with Crippen LogP contribution in [0.15, 0.2) is 34.8 Å². The minimum atomic E-state index is -0.369. The number of hydrogen-bond donors (Lipinski definition) is 2. The highest BCUT2D eigenvalue weighted by Gasteiger charge is 2.17. The monoisotopic (exact) mass is 475 g/mol. The lowest BCUT2D eigenvalue weighted by Crippen LogP contribution is -2.42. The fourth-order valence-electron chi connectivity index (χ4n) is 2.28. The zero-order chi connectivity index (χ0) is 20.0. The summed E-state index contributed by atoms with van der Waals surface area (Å²) in [5.41, 5.74) is 1.48. The molecule has 7 heteroatoms. The summed E-state index contributed by atoms with van der Waals surface area (Å²) in [5, 5.41) is 13.9. The second kappa shape index (κ2) is 9.99. The van der Waals surface area contributed by atoms with E-state index in [4.69, 9.17) is 32.7 Å². The first-order chi connectivity index (χ1) is 12.8. The molecule has 0 saturated carbocycles. The first-order valence-corrected chi connectivity index (χ1v) is 10.2. The van der Waals surface area contributed by atoms with Crippen LogP contribution in [0, 0.1) is 0 Å². The number of hydrogen-bond acceptors (Lipinski definition) is 4. The number of nitrogens with one attached hydrogen (secondary N) is 1. The van der Waals surface area contributed by atoms with E-state index in [1.165, 1.54) is 0 Å². The van der Waals surface area contributed by atoms with Crippen LogP contribution in [-0.2, 0) is 13.2 Å². The summed E-state index contributed by atoms with van der Waals surface area (Å²) in [6.45, 7) is 7.26. The minimum absolute atomic E-state index is 0.0476. The second-order valence-electron chi connectivity index (χ2n) is 6.74. The van der Waals surface area contributed by atoms with Crippen LogP contribution in [0.25, 0.3) is 0 Å². The predicted molar refractivity (Wildman–Crippen MR) is 114 cm³/mol. The predicted octanol–water partition coefficient (Wildman–Crippen LogP) is 5.59. The van der Waals surface area contributed by atoms with E-state index < -0.39 is 0 Å². The molecule has 0 heterocycles. The third-order valence-corrected chi connectivity index (χ3v) is 5.29. The van der Waals surface area contributed by atoms with Crippen molar-refractivity contribution in [2.75, 3.05) is 13.2 Å². The van der Waals surface area contributed by atoms with Crippen molar-refractivity contribution < 1.29 is 14.6 Å². The zero-order valence-corrected chi connectivity index (χ0v) is 18.7. The van der Waals surface area contributed by atoms with Crippen LogP contribution >= 0.6 is 39.1 Å².